The number of nitrogens with one attached hydrogen (secondary N) is 2. The zero-order valence-electron chi connectivity index (χ0n) is 16.7. The molecule has 0 aromatic carbocycles. The highest BCUT2D eigenvalue weighted by molar-refractivity contribution is 8.00. The first-order valence-corrected chi connectivity index (χ1v) is 10.9. The maximum Gasteiger partial charge on any atom is 0.442 e. The van der Waals surface area contributed by atoms with Gasteiger partial charge < -0.3 is 36.4 Å². The molecule has 9 N–H and O–H groups in total. The molecule has 4 aliphatic rings. The number of nitrogens with two attached hydrogens (primary N) is 2. The van der Waals surface area contributed by atoms with Gasteiger partial charge >= 0.3 is 11.5 Å². The van der Waals surface area contributed by atoms with E-state index in [-0.39, 0.29) is 49.1 Å². The van der Waals surface area contributed by atoms with Crippen LogP contribution in [0.25, 0.3) is 0 Å². The van der Waals surface area contributed by atoms with Gasteiger partial charge in [0.25, 0.3) is 0 Å². The van der Waals surface area contributed by atoms with Crippen LogP contribution in [0.3, 0.4) is 0 Å². The molecule has 180 valence electrons. The van der Waals surface area contributed by atoms with Crippen molar-refractivity contribution in [1.29, 1.82) is 0 Å². The van der Waals surface area contributed by atoms with Gasteiger partial charge in [0.1, 0.15) is 6.29 Å². The lowest BCUT2D eigenvalue weighted by molar-refractivity contribution is -0.263. The Kier molecular flexibility index (Phi) is 5.89. The maximum absolute atomic E-state index is 12.7. The van der Waals surface area contributed by atoms with Crippen molar-refractivity contribution in [2.75, 3.05) is 13.2 Å². The molecule has 1 spiro atoms. The summed E-state index contributed by atoms with van der Waals surface area (Å²) in [5, 5.41) is 36.9. The molecule has 0 saturated carbocycles. The van der Waals surface area contributed by atoms with Crippen molar-refractivity contribution in [3.63, 3.8) is 0 Å². The van der Waals surface area contributed by atoms with E-state index in [0.29, 0.717) is 0 Å². The predicted octanol–water partition coefficient (Wildman–Crippen LogP) is -2.18. The van der Waals surface area contributed by atoms with Gasteiger partial charge in [-0.2, -0.15) is 13.2 Å². The summed E-state index contributed by atoms with van der Waals surface area (Å²) in [5.74, 6) is -3.64. The van der Waals surface area contributed by atoms with E-state index in [2.05, 4.69) is 15.6 Å². The number of ether oxygens (including phenoxy) is 1. The van der Waals surface area contributed by atoms with Crippen LogP contribution in [0.15, 0.2) is 16.6 Å². The standard InChI is InChI=1S/C17H25F3N6O5S/c18-17(19,20)32-8-3-1-7(2-4-8)12(28)31-10-5-26-14(22)23-9(6-27)11-15(26,16(10,29)30)25-13(21)24-11/h1,8-11,13,24-25,27,29-30H,2-6,21H2,(H2,22,23)/t8-,9-,10-,11?,13-,15?/m0/s1. The molecule has 0 aromatic rings. The Bertz CT molecular complexity index is 842. The quantitative estimate of drug-likeness (QED) is 0.171. The Morgan fingerprint density at radius 1 is 1.44 bits per heavy atom. The zero-order chi connectivity index (χ0) is 23.5. The van der Waals surface area contributed by atoms with E-state index in [0.717, 1.165) is 0 Å². The molecule has 0 aromatic heterocycles. The second-order valence-electron chi connectivity index (χ2n) is 8.19. The van der Waals surface area contributed by atoms with Crippen molar-refractivity contribution in [2.24, 2.45) is 16.5 Å². The van der Waals surface area contributed by atoms with Crippen LogP contribution in [-0.2, 0) is 9.53 Å². The molecule has 2 saturated heterocycles. The molecule has 4 rings (SSSR count). The van der Waals surface area contributed by atoms with E-state index in [1.165, 1.54) is 11.0 Å². The number of esters is 1. The van der Waals surface area contributed by atoms with E-state index >= 15 is 0 Å². The number of guanidine groups is 1. The van der Waals surface area contributed by atoms with E-state index in [1.807, 2.05) is 0 Å². The normalized spacial score (nSPS) is 38.6. The number of aliphatic hydroxyl groups excluding tert-OH is 1. The highest BCUT2D eigenvalue weighted by Gasteiger charge is 2.74. The molecule has 0 amide bonds. The van der Waals surface area contributed by atoms with E-state index in [1.54, 1.807) is 0 Å². The van der Waals surface area contributed by atoms with Crippen molar-refractivity contribution < 1.29 is 38.0 Å². The first-order valence-electron chi connectivity index (χ1n) is 9.99. The van der Waals surface area contributed by atoms with Crippen LogP contribution >= 0.6 is 11.8 Å². The largest absolute Gasteiger partial charge is 0.451 e. The Balaban J connectivity index is 1.52. The minimum absolute atomic E-state index is 0.0406. The fourth-order valence-corrected chi connectivity index (χ4v) is 5.69. The average Bonchev–Trinajstić information content (AvgIpc) is 3.16. The number of carbonyl (C=O) groups is 1. The molecule has 2 unspecified atom stereocenters. The number of carbonyl (C=O) groups excluding carboxylic acids is 1. The molecule has 6 atom stereocenters. The fraction of sp³-hybridized carbons (Fsp3) is 0.765. The lowest BCUT2D eigenvalue weighted by Crippen LogP contribution is -2.77. The lowest BCUT2D eigenvalue weighted by atomic mass is 9.86. The van der Waals surface area contributed by atoms with Crippen molar-refractivity contribution in [2.45, 2.75) is 65.9 Å². The minimum atomic E-state index is -4.36. The Hall–Kier alpha value is -1.62. The zero-order valence-corrected chi connectivity index (χ0v) is 17.6. The smallest absolute Gasteiger partial charge is 0.442 e. The second kappa shape index (κ2) is 8.00. The van der Waals surface area contributed by atoms with Crippen LogP contribution in [0, 0.1) is 0 Å². The van der Waals surface area contributed by atoms with E-state index in [9.17, 15) is 33.3 Å². The maximum atomic E-state index is 12.7. The van der Waals surface area contributed by atoms with Crippen LogP contribution in [0.5, 0.6) is 0 Å². The molecule has 3 aliphatic heterocycles. The number of aliphatic hydroxyl groups is 3. The number of allylic oxidation sites excluding steroid dienone is 1. The van der Waals surface area contributed by atoms with Gasteiger partial charge in [-0.1, -0.05) is 6.08 Å². The molecule has 1 aliphatic carbocycles. The molecule has 11 nitrogen and oxygen atoms in total. The summed E-state index contributed by atoms with van der Waals surface area (Å²) in [6.45, 7) is -0.684. The fourth-order valence-electron chi connectivity index (χ4n) is 4.88. The molecule has 15 heteroatoms. The Morgan fingerprint density at radius 2 is 2.16 bits per heavy atom. The van der Waals surface area contributed by atoms with Crippen molar-refractivity contribution in [3.8, 4) is 0 Å². The van der Waals surface area contributed by atoms with Crippen LogP contribution in [-0.4, -0.2) is 92.0 Å². The van der Waals surface area contributed by atoms with Gasteiger partial charge in [0.2, 0.25) is 5.79 Å². The van der Waals surface area contributed by atoms with E-state index < -0.39 is 59.3 Å². The molecule has 0 bridgehead atoms. The number of alkyl halides is 3. The number of rotatable bonds is 4. The number of hydrogen-bond donors (Lipinski definition) is 7. The van der Waals surface area contributed by atoms with Gasteiger partial charge in [0, 0.05) is 10.8 Å². The van der Waals surface area contributed by atoms with Crippen molar-refractivity contribution in [1.82, 2.24) is 15.5 Å². The SMILES string of the molecule is NC1=N[C@@H](CO)C2N[C@H](N)NC23N1C[C@H](OC(=O)C1=CC[C@H](SC(F)(F)F)CC1)C3(O)O. The summed E-state index contributed by atoms with van der Waals surface area (Å²) >= 11 is -0.108. The third-order valence-electron chi connectivity index (χ3n) is 6.29. The van der Waals surface area contributed by atoms with Gasteiger partial charge in [-0.15, -0.1) is 0 Å². The number of halogens is 3. The summed E-state index contributed by atoms with van der Waals surface area (Å²) in [6.07, 6.45) is -0.741. The molecule has 2 fully saturated rings. The highest BCUT2D eigenvalue weighted by atomic mass is 32.2. The molecule has 3 heterocycles. The topological polar surface area (TPSA) is 179 Å². The third-order valence-corrected chi connectivity index (χ3v) is 7.32. The van der Waals surface area contributed by atoms with Crippen LogP contribution < -0.4 is 22.1 Å². The minimum Gasteiger partial charge on any atom is -0.451 e. The predicted molar refractivity (Wildman–Crippen MR) is 106 cm³/mol. The second-order valence-corrected chi connectivity index (χ2v) is 9.56. The van der Waals surface area contributed by atoms with Crippen LogP contribution in [0.2, 0.25) is 0 Å². The highest BCUT2D eigenvalue weighted by Crippen LogP contribution is 2.45. The van der Waals surface area contributed by atoms with Gasteiger partial charge in [-0.05, 0) is 31.0 Å². The van der Waals surface area contributed by atoms with Crippen molar-refractivity contribution >= 4 is 23.7 Å². The average molecular weight is 482 g/mol. The summed E-state index contributed by atoms with van der Waals surface area (Å²) in [6, 6.07) is -1.72. The first-order chi connectivity index (χ1) is 14.9. The number of hydrogen-bond acceptors (Lipinski definition) is 12. The Morgan fingerprint density at radius 3 is 2.75 bits per heavy atom. The van der Waals surface area contributed by atoms with Crippen LogP contribution in [0.4, 0.5) is 13.2 Å². The molecular weight excluding hydrogens is 457 g/mol. The van der Waals surface area contributed by atoms with Crippen LogP contribution in [0.1, 0.15) is 19.3 Å². The first kappa shape index (κ1) is 23.5. The van der Waals surface area contributed by atoms with Gasteiger partial charge in [-0.3, -0.25) is 10.6 Å². The summed E-state index contributed by atoms with van der Waals surface area (Å²) in [7, 11) is 0. The van der Waals surface area contributed by atoms with Gasteiger partial charge in [0.15, 0.2) is 17.7 Å². The monoisotopic (exact) mass is 482 g/mol. The molecular formula is C17H25F3N6O5S. The lowest BCUT2D eigenvalue weighted by Gasteiger charge is -2.48. The third kappa shape index (κ3) is 3.74. The van der Waals surface area contributed by atoms with Gasteiger partial charge in [0.05, 0.1) is 25.2 Å². The summed E-state index contributed by atoms with van der Waals surface area (Å²) in [4.78, 5) is 18.2. The number of nitrogens with zero attached hydrogens (tertiary/aromatic N) is 2. The number of thioether (sulfide) groups is 1. The number of aliphatic imine (C=N–C) groups is 1. The molecule has 0 radical (unpaired) electrons. The summed E-state index contributed by atoms with van der Waals surface area (Å²) in [5.41, 5.74) is 5.98. The Labute approximate surface area is 185 Å². The molecule has 32 heavy (non-hydrogen) atoms. The van der Waals surface area contributed by atoms with Gasteiger partial charge in [-0.25, -0.2) is 9.79 Å². The van der Waals surface area contributed by atoms with E-state index in [4.69, 9.17) is 16.2 Å². The van der Waals surface area contributed by atoms with Crippen molar-refractivity contribution in [3.05, 3.63) is 11.6 Å². The summed E-state index contributed by atoms with van der Waals surface area (Å²) < 4.78 is 43.0.